The van der Waals surface area contributed by atoms with Crippen molar-refractivity contribution in [2.45, 2.75) is 49.0 Å². The van der Waals surface area contributed by atoms with Gasteiger partial charge in [-0.3, -0.25) is 4.79 Å². The number of carbonyl (C=O) groups excluding carboxylic acids is 1. The van der Waals surface area contributed by atoms with E-state index in [4.69, 9.17) is 4.52 Å². The normalized spacial score (nSPS) is 20.5. The molecule has 1 saturated carbocycles. The summed E-state index contributed by atoms with van der Waals surface area (Å²) in [6.45, 7) is 0.593. The number of nitrogens with zero attached hydrogens (tertiary/aromatic N) is 3. The highest BCUT2D eigenvalue weighted by Crippen LogP contribution is 2.39. The summed E-state index contributed by atoms with van der Waals surface area (Å²) < 4.78 is 30.1. The third kappa shape index (κ3) is 3.51. The monoisotopic (exact) mass is 375 g/mol. The van der Waals surface area contributed by atoms with E-state index < -0.39 is 9.84 Å². The lowest BCUT2D eigenvalue weighted by Gasteiger charge is -2.21. The van der Waals surface area contributed by atoms with E-state index in [0.29, 0.717) is 18.4 Å². The van der Waals surface area contributed by atoms with Gasteiger partial charge in [0.25, 0.3) is 0 Å². The van der Waals surface area contributed by atoms with Crippen molar-refractivity contribution >= 4 is 15.7 Å². The van der Waals surface area contributed by atoms with Gasteiger partial charge in [0.05, 0.1) is 10.6 Å². The predicted molar refractivity (Wildman–Crippen MR) is 93.1 cm³/mol. The molecule has 1 saturated heterocycles. The predicted octanol–water partition coefficient (Wildman–Crippen LogP) is 2.47. The van der Waals surface area contributed by atoms with Crippen LogP contribution < -0.4 is 0 Å². The Labute approximate surface area is 152 Å². The Kier molecular flexibility index (Phi) is 4.52. The fraction of sp³-hybridized carbons (Fsp3) is 0.500. The molecule has 8 heteroatoms. The first-order valence-electron chi connectivity index (χ1n) is 8.95. The van der Waals surface area contributed by atoms with Crippen LogP contribution in [0.1, 0.15) is 55.8 Å². The van der Waals surface area contributed by atoms with E-state index in [-0.39, 0.29) is 29.0 Å². The summed E-state index contributed by atoms with van der Waals surface area (Å²) >= 11 is 0. The molecule has 1 atom stereocenters. The summed E-state index contributed by atoms with van der Waals surface area (Å²) in [6.07, 6.45) is 3.75. The van der Waals surface area contributed by atoms with Crippen molar-refractivity contribution in [2.75, 3.05) is 12.3 Å². The van der Waals surface area contributed by atoms with Gasteiger partial charge in [-0.25, -0.2) is 8.42 Å². The van der Waals surface area contributed by atoms with Crippen molar-refractivity contribution in [3.63, 3.8) is 0 Å². The van der Waals surface area contributed by atoms with Crippen LogP contribution in [-0.2, 0) is 14.6 Å². The molecule has 0 bridgehead atoms. The number of rotatable bonds is 6. The largest absolute Gasteiger partial charge is 0.337 e. The van der Waals surface area contributed by atoms with E-state index in [1.807, 2.05) is 0 Å². The first-order chi connectivity index (χ1) is 12.5. The van der Waals surface area contributed by atoms with Crippen LogP contribution >= 0.6 is 0 Å². The van der Waals surface area contributed by atoms with Gasteiger partial charge >= 0.3 is 0 Å². The van der Waals surface area contributed by atoms with Gasteiger partial charge in [0, 0.05) is 18.9 Å². The minimum atomic E-state index is -3.46. The molecular formula is C18H21N3O4S. The number of carbonyl (C=O) groups is 1. The van der Waals surface area contributed by atoms with E-state index >= 15 is 0 Å². The lowest BCUT2D eigenvalue weighted by molar-refractivity contribution is -0.132. The molecule has 0 unspecified atom stereocenters. The van der Waals surface area contributed by atoms with Crippen LogP contribution in [0.3, 0.4) is 0 Å². The van der Waals surface area contributed by atoms with Crippen LogP contribution in [0.2, 0.25) is 0 Å². The Balaban J connectivity index is 1.42. The standard InChI is InChI=1S/C18H21N3O4S/c22-16(10-12-26(23,24)14-5-2-1-3-6-14)21-11-4-7-15(21)18-19-17(20-25-18)13-8-9-13/h1-3,5-6,13,15H,4,7-12H2/t15-/m0/s1. The Bertz CT molecular complexity index is 890. The van der Waals surface area contributed by atoms with E-state index in [1.165, 1.54) is 0 Å². The maximum atomic E-state index is 12.6. The zero-order valence-corrected chi connectivity index (χ0v) is 15.2. The van der Waals surface area contributed by atoms with Crippen LogP contribution in [0.15, 0.2) is 39.8 Å². The van der Waals surface area contributed by atoms with E-state index in [1.54, 1.807) is 35.2 Å². The molecule has 2 heterocycles. The maximum absolute atomic E-state index is 12.6. The fourth-order valence-electron chi connectivity index (χ4n) is 3.32. The minimum Gasteiger partial charge on any atom is -0.337 e. The second-order valence-electron chi connectivity index (χ2n) is 6.89. The number of aromatic nitrogens is 2. The van der Waals surface area contributed by atoms with Crippen LogP contribution in [0.4, 0.5) is 0 Å². The topological polar surface area (TPSA) is 93.4 Å². The van der Waals surface area contributed by atoms with Crippen LogP contribution in [0.25, 0.3) is 0 Å². The van der Waals surface area contributed by atoms with Gasteiger partial charge in [-0.05, 0) is 37.8 Å². The summed E-state index contributed by atoms with van der Waals surface area (Å²) in [5, 5.41) is 4.02. The molecule has 4 rings (SSSR count). The molecule has 0 spiro atoms. The number of hydrogen-bond donors (Lipinski definition) is 0. The van der Waals surface area contributed by atoms with Gasteiger partial charge in [-0.2, -0.15) is 4.98 Å². The van der Waals surface area contributed by atoms with Gasteiger partial charge < -0.3 is 9.42 Å². The number of likely N-dealkylation sites (tertiary alicyclic amines) is 1. The fourth-order valence-corrected chi connectivity index (χ4v) is 4.57. The SMILES string of the molecule is O=C(CCS(=O)(=O)c1ccccc1)N1CCC[C@H]1c1nc(C2CC2)no1. The third-order valence-electron chi connectivity index (χ3n) is 4.95. The molecule has 138 valence electrons. The quantitative estimate of drug-likeness (QED) is 0.770. The van der Waals surface area contributed by atoms with Gasteiger partial charge in [0.15, 0.2) is 15.7 Å². The molecule has 1 amide bonds. The Morgan fingerprint density at radius 2 is 1.96 bits per heavy atom. The lowest BCUT2D eigenvalue weighted by Crippen LogP contribution is -2.32. The molecule has 1 aliphatic carbocycles. The second-order valence-corrected chi connectivity index (χ2v) is 9.00. The second kappa shape index (κ2) is 6.83. The van der Waals surface area contributed by atoms with Crippen LogP contribution in [0.5, 0.6) is 0 Å². The molecule has 1 aromatic carbocycles. The van der Waals surface area contributed by atoms with Gasteiger partial charge in [-0.1, -0.05) is 23.4 Å². The van der Waals surface area contributed by atoms with Crippen LogP contribution in [0, 0.1) is 0 Å². The molecule has 2 fully saturated rings. The number of sulfone groups is 1. The first-order valence-corrected chi connectivity index (χ1v) is 10.6. The highest BCUT2D eigenvalue weighted by molar-refractivity contribution is 7.91. The van der Waals surface area contributed by atoms with Crippen LogP contribution in [-0.4, -0.2) is 41.7 Å². The Hall–Kier alpha value is -2.22. The number of hydrogen-bond acceptors (Lipinski definition) is 6. The molecule has 0 radical (unpaired) electrons. The van der Waals surface area contributed by atoms with E-state index in [0.717, 1.165) is 31.5 Å². The summed E-state index contributed by atoms with van der Waals surface area (Å²) in [4.78, 5) is 19.0. The summed E-state index contributed by atoms with van der Waals surface area (Å²) in [5.41, 5.74) is 0. The molecule has 1 aliphatic heterocycles. The minimum absolute atomic E-state index is 0.0443. The number of amides is 1. The highest BCUT2D eigenvalue weighted by atomic mass is 32.2. The average molecular weight is 375 g/mol. The van der Waals surface area contributed by atoms with E-state index in [2.05, 4.69) is 10.1 Å². The number of benzene rings is 1. The molecule has 1 aromatic heterocycles. The summed E-state index contributed by atoms with van der Waals surface area (Å²) in [5.74, 6) is 1.22. The average Bonchev–Trinajstić information content (AvgIpc) is 3.19. The molecular weight excluding hydrogens is 354 g/mol. The molecule has 26 heavy (non-hydrogen) atoms. The van der Waals surface area contributed by atoms with Crippen molar-refractivity contribution in [2.24, 2.45) is 0 Å². The van der Waals surface area contributed by atoms with Gasteiger partial charge in [0.2, 0.25) is 11.8 Å². The third-order valence-corrected chi connectivity index (χ3v) is 6.68. The smallest absolute Gasteiger partial charge is 0.249 e. The van der Waals surface area contributed by atoms with E-state index in [9.17, 15) is 13.2 Å². The van der Waals surface area contributed by atoms with Gasteiger partial charge in [-0.15, -0.1) is 0 Å². The Morgan fingerprint density at radius 1 is 1.19 bits per heavy atom. The van der Waals surface area contributed by atoms with Crippen molar-refractivity contribution in [1.82, 2.24) is 15.0 Å². The van der Waals surface area contributed by atoms with Gasteiger partial charge in [0.1, 0.15) is 6.04 Å². The molecule has 2 aliphatic rings. The zero-order valence-electron chi connectivity index (χ0n) is 14.4. The summed E-state index contributed by atoms with van der Waals surface area (Å²) in [7, 11) is -3.46. The zero-order chi connectivity index (χ0) is 18.1. The van der Waals surface area contributed by atoms with Crippen molar-refractivity contribution in [3.8, 4) is 0 Å². The molecule has 2 aromatic rings. The van der Waals surface area contributed by atoms with Crippen molar-refractivity contribution in [1.29, 1.82) is 0 Å². The highest BCUT2D eigenvalue weighted by Gasteiger charge is 2.36. The van der Waals surface area contributed by atoms with Crippen molar-refractivity contribution < 1.29 is 17.7 Å². The maximum Gasteiger partial charge on any atom is 0.249 e. The molecule has 7 nitrogen and oxygen atoms in total. The Morgan fingerprint density at radius 3 is 2.69 bits per heavy atom. The summed E-state index contributed by atoms with van der Waals surface area (Å²) in [6, 6.07) is 7.99. The molecule has 0 N–H and O–H groups in total. The first kappa shape index (κ1) is 17.2. The lowest BCUT2D eigenvalue weighted by atomic mass is 10.2. The van der Waals surface area contributed by atoms with Crippen molar-refractivity contribution in [3.05, 3.63) is 42.0 Å².